The minimum atomic E-state index is 0.162. The highest BCUT2D eigenvalue weighted by Gasteiger charge is 2.17. The zero-order valence-electron chi connectivity index (χ0n) is 14.8. The van der Waals surface area contributed by atoms with Crippen LogP contribution in [0.25, 0.3) is 5.65 Å². The van der Waals surface area contributed by atoms with Crippen LogP contribution in [0.3, 0.4) is 0 Å². The predicted octanol–water partition coefficient (Wildman–Crippen LogP) is 2.15. The first kappa shape index (κ1) is 19.3. The van der Waals surface area contributed by atoms with E-state index in [1.54, 1.807) is 19.1 Å². The number of nitrogens with zero attached hydrogens (tertiary/aromatic N) is 5. The van der Waals surface area contributed by atoms with Gasteiger partial charge in [0.1, 0.15) is 34.6 Å². The number of nitrogen functional groups attached to an aromatic ring is 1. The Hall–Kier alpha value is -3.05. The highest BCUT2D eigenvalue weighted by atomic mass is 35.5. The van der Waals surface area contributed by atoms with Gasteiger partial charge in [0.25, 0.3) is 0 Å². The second kappa shape index (κ2) is 8.36. The van der Waals surface area contributed by atoms with Crippen molar-refractivity contribution in [3.05, 3.63) is 40.2 Å². The van der Waals surface area contributed by atoms with Crippen molar-refractivity contribution in [1.82, 2.24) is 19.5 Å². The molecule has 0 radical (unpaired) electrons. The first-order valence-electron chi connectivity index (χ1n) is 7.86. The fourth-order valence-electron chi connectivity index (χ4n) is 2.23. The largest absolute Gasteiger partial charge is 0.383 e. The van der Waals surface area contributed by atoms with Crippen LogP contribution < -0.4 is 11.1 Å². The lowest BCUT2D eigenvalue weighted by Gasteiger charge is -2.10. The van der Waals surface area contributed by atoms with E-state index in [2.05, 4.69) is 15.4 Å². The minimum absolute atomic E-state index is 0.162. The summed E-state index contributed by atoms with van der Waals surface area (Å²) < 4.78 is 1.35. The standard InChI is InChI=1S/C17H20ClN7O/c1-11-14(18)17-22-16(13(9-19)15(20)25(17)23-11)21-7-6-12(10-26)5-4-8-24(2)3/h4-5,8,10H,6-7,20H2,1-3H3,(H,21,22)/b8-4-,12-5-. The summed E-state index contributed by atoms with van der Waals surface area (Å²) in [6, 6.07) is 2.03. The van der Waals surface area contributed by atoms with Crippen LogP contribution >= 0.6 is 11.6 Å². The van der Waals surface area contributed by atoms with Gasteiger partial charge in [0.15, 0.2) is 5.65 Å². The number of halogens is 1. The molecule has 0 fully saturated rings. The van der Waals surface area contributed by atoms with Crippen LogP contribution in [0.15, 0.2) is 23.9 Å². The average molecular weight is 374 g/mol. The number of nitrogens with one attached hydrogen (secondary N) is 1. The maximum atomic E-state index is 11.2. The lowest BCUT2D eigenvalue weighted by Crippen LogP contribution is -2.11. The molecule has 0 aliphatic carbocycles. The minimum Gasteiger partial charge on any atom is -0.383 e. The van der Waals surface area contributed by atoms with Gasteiger partial charge in [0, 0.05) is 20.6 Å². The summed E-state index contributed by atoms with van der Waals surface area (Å²) in [6.07, 6.45) is 6.63. The summed E-state index contributed by atoms with van der Waals surface area (Å²) in [5.74, 6) is 0.475. The average Bonchev–Trinajstić information content (AvgIpc) is 2.89. The fourth-order valence-corrected chi connectivity index (χ4v) is 2.39. The van der Waals surface area contributed by atoms with Gasteiger partial charge in [-0.15, -0.1) is 0 Å². The number of nitriles is 1. The molecule has 2 aromatic heterocycles. The smallest absolute Gasteiger partial charge is 0.178 e. The van der Waals surface area contributed by atoms with Crippen LogP contribution in [-0.2, 0) is 4.79 Å². The number of nitrogens with two attached hydrogens (primary N) is 1. The molecule has 2 heterocycles. The third-order valence-corrected chi connectivity index (χ3v) is 4.01. The molecular weight excluding hydrogens is 354 g/mol. The predicted molar refractivity (Wildman–Crippen MR) is 102 cm³/mol. The number of aldehydes is 1. The second-order valence-electron chi connectivity index (χ2n) is 5.81. The van der Waals surface area contributed by atoms with E-state index >= 15 is 0 Å². The van der Waals surface area contributed by atoms with Crippen LogP contribution in [0.4, 0.5) is 11.6 Å². The molecule has 0 aromatic carbocycles. The van der Waals surface area contributed by atoms with Gasteiger partial charge in [-0.05, 0) is 31.2 Å². The molecule has 0 saturated heterocycles. The van der Waals surface area contributed by atoms with Crippen molar-refractivity contribution in [2.45, 2.75) is 13.3 Å². The van der Waals surface area contributed by atoms with Crippen molar-refractivity contribution < 1.29 is 4.79 Å². The third kappa shape index (κ3) is 4.13. The van der Waals surface area contributed by atoms with Crippen molar-refractivity contribution in [1.29, 1.82) is 5.26 Å². The first-order chi connectivity index (χ1) is 12.4. The molecule has 0 atom stereocenters. The highest BCUT2D eigenvalue weighted by molar-refractivity contribution is 6.34. The molecule has 2 aromatic rings. The number of hydrogen-bond donors (Lipinski definition) is 2. The van der Waals surface area contributed by atoms with E-state index in [0.717, 1.165) is 6.29 Å². The van der Waals surface area contributed by atoms with E-state index in [-0.39, 0.29) is 11.4 Å². The summed E-state index contributed by atoms with van der Waals surface area (Å²) in [6.45, 7) is 2.14. The summed E-state index contributed by atoms with van der Waals surface area (Å²) in [7, 11) is 3.79. The van der Waals surface area contributed by atoms with Crippen LogP contribution in [0.1, 0.15) is 17.7 Å². The van der Waals surface area contributed by atoms with Gasteiger partial charge >= 0.3 is 0 Å². The van der Waals surface area contributed by atoms with E-state index in [1.165, 1.54) is 4.52 Å². The third-order valence-electron chi connectivity index (χ3n) is 3.57. The lowest BCUT2D eigenvalue weighted by molar-refractivity contribution is -0.105. The number of carbonyl (C=O) groups is 1. The van der Waals surface area contributed by atoms with Gasteiger partial charge in [0.05, 0.1) is 5.69 Å². The van der Waals surface area contributed by atoms with Crippen molar-refractivity contribution in [3.63, 3.8) is 0 Å². The molecule has 9 heteroatoms. The van der Waals surface area contributed by atoms with E-state index in [0.29, 0.717) is 40.7 Å². The Morgan fingerprint density at radius 1 is 1.50 bits per heavy atom. The fraction of sp³-hybridized carbons (Fsp3) is 0.294. The normalized spacial score (nSPS) is 11.7. The molecule has 3 N–H and O–H groups in total. The van der Waals surface area contributed by atoms with Gasteiger partial charge in [0.2, 0.25) is 0 Å². The van der Waals surface area contributed by atoms with Gasteiger partial charge in [-0.1, -0.05) is 17.7 Å². The molecule has 0 aliphatic heterocycles. The van der Waals surface area contributed by atoms with Crippen LogP contribution in [-0.4, -0.2) is 46.4 Å². The molecule has 0 saturated carbocycles. The molecule has 2 rings (SSSR count). The van der Waals surface area contributed by atoms with Crippen molar-refractivity contribution in [2.75, 3.05) is 31.7 Å². The zero-order chi connectivity index (χ0) is 19.3. The number of fused-ring (bicyclic) bond motifs is 1. The van der Waals surface area contributed by atoms with E-state index < -0.39 is 0 Å². The molecular formula is C17H20ClN7O. The molecule has 26 heavy (non-hydrogen) atoms. The Morgan fingerprint density at radius 3 is 2.85 bits per heavy atom. The van der Waals surface area contributed by atoms with Crippen LogP contribution in [0, 0.1) is 18.3 Å². The number of carbonyl (C=O) groups excluding carboxylic acids is 1. The van der Waals surface area contributed by atoms with E-state index in [4.69, 9.17) is 17.3 Å². The first-order valence-corrected chi connectivity index (χ1v) is 8.24. The number of aromatic nitrogens is 3. The maximum Gasteiger partial charge on any atom is 0.178 e. The Balaban J connectivity index is 2.21. The van der Waals surface area contributed by atoms with Gasteiger partial charge in [-0.3, -0.25) is 4.79 Å². The Kier molecular flexibility index (Phi) is 6.20. The summed E-state index contributed by atoms with van der Waals surface area (Å²) in [5, 5.41) is 17.0. The number of allylic oxidation sites excluding steroid dienone is 2. The SMILES string of the molecule is Cc1nn2c(N)c(C#N)c(NCC/C(C=O)=C/C=C\N(C)C)nc2c1Cl. The monoisotopic (exact) mass is 373 g/mol. The number of hydrogen-bond acceptors (Lipinski definition) is 7. The molecule has 0 spiro atoms. The van der Waals surface area contributed by atoms with Gasteiger partial charge in [-0.25, -0.2) is 4.98 Å². The molecule has 0 aliphatic rings. The van der Waals surface area contributed by atoms with Gasteiger partial charge < -0.3 is 16.0 Å². The number of aryl methyl sites for hydroxylation is 1. The summed E-state index contributed by atoms with van der Waals surface area (Å²) in [5.41, 5.74) is 7.77. The Labute approximate surface area is 156 Å². The van der Waals surface area contributed by atoms with Crippen molar-refractivity contribution in [2.24, 2.45) is 0 Å². The molecule has 0 bridgehead atoms. The van der Waals surface area contributed by atoms with E-state index in [1.807, 2.05) is 31.3 Å². The highest BCUT2D eigenvalue weighted by Crippen LogP contribution is 2.27. The summed E-state index contributed by atoms with van der Waals surface area (Å²) >= 11 is 6.19. The molecule has 8 nitrogen and oxygen atoms in total. The summed E-state index contributed by atoms with van der Waals surface area (Å²) in [4.78, 5) is 17.4. The Morgan fingerprint density at radius 2 is 2.23 bits per heavy atom. The molecule has 0 amide bonds. The number of rotatable bonds is 7. The topological polar surface area (TPSA) is 112 Å². The van der Waals surface area contributed by atoms with Crippen LogP contribution in [0.5, 0.6) is 0 Å². The molecule has 136 valence electrons. The van der Waals surface area contributed by atoms with Crippen LogP contribution in [0.2, 0.25) is 5.02 Å². The van der Waals surface area contributed by atoms with Gasteiger partial charge in [-0.2, -0.15) is 14.9 Å². The van der Waals surface area contributed by atoms with Crippen molar-refractivity contribution >= 4 is 35.2 Å². The molecule has 0 unspecified atom stereocenters. The number of anilines is 2. The zero-order valence-corrected chi connectivity index (χ0v) is 15.6. The van der Waals surface area contributed by atoms with Crippen molar-refractivity contribution in [3.8, 4) is 6.07 Å². The quantitative estimate of drug-likeness (QED) is 0.434. The van der Waals surface area contributed by atoms with E-state index in [9.17, 15) is 10.1 Å². The lowest BCUT2D eigenvalue weighted by atomic mass is 10.2. The maximum absolute atomic E-state index is 11.2. The second-order valence-corrected chi connectivity index (χ2v) is 6.19. The Bertz CT molecular complexity index is 922.